The number of anilines is 1. The molecule has 0 saturated heterocycles. The van der Waals surface area contributed by atoms with Crippen molar-refractivity contribution in [1.82, 2.24) is 29.8 Å². The lowest BCUT2D eigenvalue weighted by Crippen LogP contribution is -2.33. The van der Waals surface area contributed by atoms with Crippen LogP contribution >= 0.6 is 0 Å². The number of alkyl halides is 3. The summed E-state index contributed by atoms with van der Waals surface area (Å²) >= 11 is 0. The van der Waals surface area contributed by atoms with E-state index in [0.717, 1.165) is 32.5 Å². The Kier molecular flexibility index (Phi) is 4.91. The van der Waals surface area contributed by atoms with Crippen molar-refractivity contribution < 1.29 is 17.9 Å². The van der Waals surface area contributed by atoms with E-state index in [4.69, 9.17) is 4.74 Å². The second kappa shape index (κ2) is 7.68. The van der Waals surface area contributed by atoms with Crippen LogP contribution in [0.25, 0.3) is 16.8 Å². The fourth-order valence-corrected chi connectivity index (χ4v) is 4.03. The third-order valence-corrected chi connectivity index (χ3v) is 5.94. The molecule has 4 aromatic heterocycles. The molecule has 11 heteroatoms. The van der Waals surface area contributed by atoms with Crippen LogP contribution in [-0.2, 0) is 19.1 Å². The molecule has 1 aliphatic heterocycles. The average molecular weight is 455 g/mol. The maximum Gasteiger partial charge on any atom is 0.453 e. The van der Waals surface area contributed by atoms with Crippen molar-refractivity contribution in [2.75, 3.05) is 18.6 Å². The van der Waals surface area contributed by atoms with Crippen LogP contribution in [0.1, 0.15) is 28.2 Å². The molecule has 0 bridgehead atoms. The number of hydrogen-bond acceptors (Lipinski definition) is 7. The van der Waals surface area contributed by atoms with E-state index in [0.29, 0.717) is 36.8 Å². The summed E-state index contributed by atoms with van der Waals surface area (Å²) in [6.07, 6.45) is -0.463. The van der Waals surface area contributed by atoms with Crippen LogP contribution in [0.4, 0.5) is 19.0 Å². The van der Waals surface area contributed by atoms with Gasteiger partial charge in [0, 0.05) is 65.9 Å². The molecule has 33 heavy (non-hydrogen) atoms. The number of methoxy groups -OCH3 is 1. The molecule has 5 rings (SSSR count). The van der Waals surface area contributed by atoms with Gasteiger partial charge in [0.05, 0.1) is 7.11 Å². The van der Waals surface area contributed by atoms with Crippen LogP contribution in [0.3, 0.4) is 0 Å². The van der Waals surface area contributed by atoms with Crippen molar-refractivity contribution in [3.8, 4) is 17.0 Å². The van der Waals surface area contributed by atoms with E-state index in [1.165, 1.54) is 0 Å². The van der Waals surface area contributed by atoms with Crippen molar-refractivity contribution in [3.05, 3.63) is 58.8 Å². The first-order chi connectivity index (χ1) is 15.8. The second-order valence-corrected chi connectivity index (χ2v) is 7.92. The molecule has 0 N–H and O–H groups in total. The molecule has 5 heterocycles. The lowest BCUT2D eigenvalue weighted by Gasteiger charge is -2.31. The predicted molar refractivity (Wildman–Crippen MR) is 114 cm³/mol. The maximum atomic E-state index is 13.4. The lowest BCUT2D eigenvalue weighted by atomic mass is 10.0. The van der Waals surface area contributed by atoms with Gasteiger partial charge in [-0.3, -0.25) is 4.98 Å². The normalized spacial score (nSPS) is 13.9. The predicted octanol–water partition coefficient (Wildman–Crippen LogP) is 3.79. The first kappa shape index (κ1) is 21.1. The van der Waals surface area contributed by atoms with Gasteiger partial charge in [-0.05, 0) is 31.5 Å². The molecule has 0 spiro atoms. The van der Waals surface area contributed by atoms with Crippen molar-refractivity contribution in [2.24, 2.45) is 0 Å². The molecule has 0 atom stereocenters. The van der Waals surface area contributed by atoms with Crippen molar-refractivity contribution >= 4 is 11.5 Å². The molecule has 4 aromatic rings. The minimum atomic E-state index is -4.65. The molecule has 170 valence electrons. The van der Waals surface area contributed by atoms with Crippen molar-refractivity contribution in [3.63, 3.8) is 0 Å². The van der Waals surface area contributed by atoms with Crippen molar-refractivity contribution in [2.45, 2.75) is 33.0 Å². The Morgan fingerprint density at radius 2 is 1.79 bits per heavy atom. The Bertz CT molecular complexity index is 1350. The number of ether oxygens (including phenoxy) is 1. The second-order valence-electron chi connectivity index (χ2n) is 7.92. The number of rotatable bonds is 3. The number of nitrogens with zero attached hydrogens (tertiary/aromatic N) is 7. The summed E-state index contributed by atoms with van der Waals surface area (Å²) in [5.41, 5.74) is 5.26. The molecule has 0 fully saturated rings. The third-order valence-electron chi connectivity index (χ3n) is 5.94. The van der Waals surface area contributed by atoms with Gasteiger partial charge in [-0.25, -0.2) is 4.98 Å². The van der Waals surface area contributed by atoms with E-state index in [9.17, 15) is 13.2 Å². The van der Waals surface area contributed by atoms with Crippen molar-refractivity contribution in [1.29, 1.82) is 0 Å². The number of pyridine rings is 2. The molecule has 0 aromatic carbocycles. The first-order valence-electron chi connectivity index (χ1n) is 10.3. The highest BCUT2D eigenvalue weighted by molar-refractivity contribution is 5.64. The minimum absolute atomic E-state index is 0.108. The summed E-state index contributed by atoms with van der Waals surface area (Å²) in [6, 6.07) is 5.73. The quantitative estimate of drug-likeness (QED) is 0.465. The Morgan fingerprint density at radius 1 is 1.00 bits per heavy atom. The Hall–Kier alpha value is -3.76. The highest BCUT2D eigenvalue weighted by atomic mass is 19.4. The SMILES string of the molecule is COc1ccc(-c2cnc3c(c2)CN(c2nn4c(C(F)(F)F)nnc4c(C)c2C)CC3)cn1. The van der Waals surface area contributed by atoms with Crippen LogP contribution < -0.4 is 9.64 Å². The smallest absolute Gasteiger partial charge is 0.453 e. The van der Waals surface area contributed by atoms with E-state index < -0.39 is 12.0 Å². The van der Waals surface area contributed by atoms with Gasteiger partial charge in [0.25, 0.3) is 5.82 Å². The van der Waals surface area contributed by atoms with E-state index >= 15 is 0 Å². The van der Waals surface area contributed by atoms with Crippen LogP contribution in [0.5, 0.6) is 5.88 Å². The fraction of sp³-hybridized carbons (Fsp3) is 0.318. The highest BCUT2D eigenvalue weighted by Crippen LogP contribution is 2.32. The summed E-state index contributed by atoms with van der Waals surface area (Å²) in [5, 5.41) is 11.4. The molecule has 1 aliphatic rings. The van der Waals surface area contributed by atoms with Crippen LogP contribution in [0.15, 0.2) is 30.6 Å². The molecular weight excluding hydrogens is 435 g/mol. The van der Waals surface area contributed by atoms with Gasteiger partial charge < -0.3 is 9.64 Å². The average Bonchev–Trinajstić information content (AvgIpc) is 3.25. The summed E-state index contributed by atoms with van der Waals surface area (Å²) in [7, 11) is 1.56. The van der Waals surface area contributed by atoms with Crippen LogP contribution in [-0.4, -0.2) is 43.4 Å². The number of halogens is 3. The van der Waals surface area contributed by atoms with Gasteiger partial charge in [-0.2, -0.15) is 17.7 Å². The van der Waals surface area contributed by atoms with Gasteiger partial charge in [0.2, 0.25) is 5.88 Å². The molecule has 0 aliphatic carbocycles. The summed E-state index contributed by atoms with van der Waals surface area (Å²) < 4.78 is 46.1. The number of hydrogen-bond donors (Lipinski definition) is 0. The van der Waals surface area contributed by atoms with E-state index in [2.05, 4.69) is 25.3 Å². The summed E-state index contributed by atoms with van der Waals surface area (Å²) in [5.74, 6) is -0.127. The zero-order valence-electron chi connectivity index (χ0n) is 18.2. The summed E-state index contributed by atoms with van der Waals surface area (Å²) in [4.78, 5) is 10.8. The lowest BCUT2D eigenvalue weighted by molar-refractivity contribution is -0.146. The zero-order valence-corrected chi connectivity index (χ0v) is 18.2. The fourth-order valence-electron chi connectivity index (χ4n) is 4.03. The minimum Gasteiger partial charge on any atom is -0.481 e. The topological polar surface area (TPSA) is 81.3 Å². The zero-order chi connectivity index (χ0) is 23.3. The third kappa shape index (κ3) is 3.62. The molecule has 0 saturated carbocycles. The monoisotopic (exact) mass is 455 g/mol. The molecule has 0 amide bonds. The number of aryl methyl sites for hydroxylation is 1. The van der Waals surface area contributed by atoms with E-state index in [-0.39, 0.29) is 5.65 Å². The van der Waals surface area contributed by atoms with Gasteiger partial charge >= 0.3 is 6.18 Å². The standard InChI is InChI=1S/C22H20F3N7O/c1-12-13(2)20(30-32-19(12)28-29-21(32)22(23,24)25)31-7-6-17-16(11-31)8-15(10-26-17)14-4-5-18(33-3)27-9-14/h4-5,8-10H,6-7,11H2,1-3H3. The van der Waals surface area contributed by atoms with Crippen LogP contribution in [0, 0.1) is 13.8 Å². The van der Waals surface area contributed by atoms with Gasteiger partial charge in [-0.15, -0.1) is 15.3 Å². The number of aromatic nitrogens is 6. The number of fused-ring (bicyclic) bond motifs is 2. The molecule has 0 radical (unpaired) electrons. The Balaban J connectivity index is 1.52. The molecule has 0 unspecified atom stereocenters. The largest absolute Gasteiger partial charge is 0.481 e. The van der Waals surface area contributed by atoms with Gasteiger partial charge in [0.15, 0.2) is 11.5 Å². The van der Waals surface area contributed by atoms with Crippen LogP contribution in [0.2, 0.25) is 0 Å². The highest BCUT2D eigenvalue weighted by Gasteiger charge is 2.38. The van der Waals surface area contributed by atoms with Gasteiger partial charge in [0.1, 0.15) is 0 Å². The van der Waals surface area contributed by atoms with E-state index in [1.54, 1.807) is 26.3 Å². The maximum absolute atomic E-state index is 13.4. The van der Waals surface area contributed by atoms with E-state index in [1.807, 2.05) is 30.2 Å². The summed E-state index contributed by atoms with van der Waals surface area (Å²) in [6.45, 7) is 4.64. The first-order valence-corrected chi connectivity index (χ1v) is 10.3. The Labute approximate surface area is 187 Å². The molecule has 8 nitrogen and oxygen atoms in total. The molecular formula is C22H20F3N7O. The Morgan fingerprint density at radius 3 is 2.48 bits per heavy atom. The van der Waals surface area contributed by atoms with Gasteiger partial charge in [-0.1, -0.05) is 0 Å².